The van der Waals surface area contributed by atoms with E-state index in [1.807, 2.05) is 4.90 Å². The molecule has 0 bridgehead atoms. The summed E-state index contributed by atoms with van der Waals surface area (Å²) in [5, 5.41) is 12.2. The van der Waals surface area contributed by atoms with Crippen LogP contribution in [0.2, 0.25) is 0 Å². The number of benzene rings is 1. The molecule has 112 valence electrons. The van der Waals surface area contributed by atoms with E-state index in [1.165, 1.54) is 0 Å². The number of nitriles is 1. The van der Waals surface area contributed by atoms with Crippen LogP contribution in [0.3, 0.4) is 0 Å². The van der Waals surface area contributed by atoms with E-state index in [-0.39, 0.29) is 17.3 Å². The molecule has 0 aromatic heterocycles. The van der Waals surface area contributed by atoms with Gasteiger partial charge < -0.3 is 10.2 Å². The van der Waals surface area contributed by atoms with E-state index in [2.05, 4.69) is 5.32 Å². The van der Waals surface area contributed by atoms with Crippen LogP contribution in [0.1, 0.15) is 31.2 Å². The highest BCUT2D eigenvalue weighted by Gasteiger charge is 2.29. The van der Waals surface area contributed by atoms with Crippen molar-refractivity contribution in [3.63, 3.8) is 0 Å². The highest BCUT2D eigenvalue weighted by molar-refractivity contribution is 5.53. The SMILES string of the molecule is N#Cc1cc(F)c(N(CC2CC2)CC2CCCN2)c(F)c1. The van der Waals surface area contributed by atoms with E-state index in [0.29, 0.717) is 19.0 Å². The minimum atomic E-state index is -0.634. The number of hydrogen-bond acceptors (Lipinski definition) is 3. The molecule has 1 aliphatic carbocycles. The van der Waals surface area contributed by atoms with Gasteiger partial charge in [-0.05, 0) is 50.3 Å². The summed E-state index contributed by atoms with van der Waals surface area (Å²) in [4.78, 5) is 1.83. The largest absolute Gasteiger partial charge is 0.365 e. The fourth-order valence-electron chi connectivity index (χ4n) is 2.98. The highest BCUT2D eigenvalue weighted by Crippen LogP contribution is 2.34. The Morgan fingerprint density at radius 3 is 2.43 bits per heavy atom. The summed E-state index contributed by atoms with van der Waals surface area (Å²) in [6.07, 6.45) is 4.42. The normalized spacial score (nSPS) is 21.3. The Morgan fingerprint density at radius 1 is 1.19 bits per heavy atom. The second kappa shape index (κ2) is 5.98. The van der Waals surface area contributed by atoms with Gasteiger partial charge in [0.1, 0.15) is 5.69 Å². The van der Waals surface area contributed by atoms with Crippen LogP contribution in [0.15, 0.2) is 12.1 Å². The zero-order valence-corrected chi connectivity index (χ0v) is 11.9. The number of hydrogen-bond donors (Lipinski definition) is 1. The minimum Gasteiger partial charge on any atom is -0.365 e. The molecule has 1 aromatic carbocycles. The fourth-order valence-corrected chi connectivity index (χ4v) is 2.98. The Morgan fingerprint density at radius 2 is 1.90 bits per heavy atom. The molecular formula is C16H19F2N3. The van der Waals surface area contributed by atoms with Crippen LogP contribution >= 0.6 is 0 Å². The zero-order valence-electron chi connectivity index (χ0n) is 11.9. The molecule has 0 spiro atoms. The Kier molecular flexibility index (Phi) is 4.07. The van der Waals surface area contributed by atoms with Gasteiger partial charge in [-0.1, -0.05) is 0 Å². The smallest absolute Gasteiger partial charge is 0.150 e. The molecule has 2 fully saturated rings. The molecule has 1 atom stereocenters. The monoisotopic (exact) mass is 291 g/mol. The van der Waals surface area contributed by atoms with E-state index in [9.17, 15) is 8.78 Å². The number of anilines is 1. The molecule has 1 aliphatic heterocycles. The minimum absolute atomic E-state index is 0.0228. The Labute approximate surface area is 123 Å². The van der Waals surface area contributed by atoms with Gasteiger partial charge in [0.15, 0.2) is 11.6 Å². The number of nitrogens with zero attached hydrogens (tertiary/aromatic N) is 2. The first kappa shape index (κ1) is 14.3. The first-order chi connectivity index (χ1) is 10.2. The van der Waals surface area contributed by atoms with Crippen LogP contribution in [0.5, 0.6) is 0 Å². The standard InChI is InChI=1S/C16H19F2N3/c17-14-6-12(8-19)7-15(18)16(14)21(9-11-3-4-11)10-13-2-1-5-20-13/h6-7,11,13,20H,1-5,9-10H2. The maximum absolute atomic E-state index is 14.2. The van der Waals surface area contributed by atoms with E-state index in [0.717, 1.165) is 44.4 Å². The summed E-state index contributed by atoms with van der Waals surface area (Å²) in [5.74, 6) is -0.726. The quantitative estimate of drug-likeness (QED) is 0.906. The van der Waals surface area contributed by atoms with E-state index >= 15 is 0 Å². The predicted octanol–water partition coefficient (Wildman–Crippen LogP) is 2.80. The topological polar surface area (TPSA) is 39.1 Å². The summed E-state index contributed by atoms with van der Waals surface area (Å²) >= 11 is 0. The van der Waals surface area contributed by atoms with Crippen LogP contribution in [0, 0.1) is 28.9 Å². The summed E-state index contributed by atoms with van der Waals surface area (Å²) < 4.78 is 28.5. The van der Waals surface area contributed by atoms with Gasteiger partial charge in [0, 0.05) is 19.1 Å². The van der Waals surface area contributed by atoms with Gasteiger partial charge >= 0.3 is 0 Å². The molecule has 3 rings (SSSR count). The third-order valence-corrected chi connectivity index (χ3v) is 4.24. The van der Waals surface area contributed by atoms with Crippen LogP contribution in [0.25, 0.3) is 0 Å². The molecule has 1 heterocycles. The maximum atomic E-state index is 14.2. The lowest BCUT2D eigenvalue weighted by Gasteiger charge is -2.28. The summed E-state index contributed by atoms with van der Waals surface area (Å²) in [6, 6.07) is 4.33. The molecule has 5 heteroatoms. The average Bonchev–Trinajstić information content (AvgIpc) is 3.11. The summed E-state index contributed by atoms with van der Waals surface area (Å²) in [6.45, 7) is 2.29. The van der Waals surface area contributed by atoms with Crippen molar-refractivity contribution in [2.75, 3.05) is 24.5 Å². The van der Waals surface area contributed by atoms with Crippen molar-refractivity contribution in [2.24, 2.45) is 5.92 Å². The van der Waals surface area contributed by atoms with Crippen molar-refractivity contribution < 1.29 is 8.78 Å². The van der Waals surface area contributed by atoms with Crippen LogP contribution < -0.4 is 10.2 Å². The summed E-state index contributed by atoms with van der Waals surface area (Å²) in [7, 11) is 0. The molecule has 1 aromatic rings. The first-order valence-corrected chi connectivity index (χ1v) is 7.55. The lowest BCUT2D eigenvalue weighted by molar-refractivity contribution is 0.532. The molecule has 1 saturated carbocycles. The van der Waals surface area contributed by atoms with Crippen LogP contribution in [0.4, 0.5) is 14.5 Å². The van der Waals surface area contributed by atoms with Crippen molar-refractivity contribution in [2.45, 2.75) is 31.7 Å². The van der Waals surface area contributed by atoms with Gasteiger partial charge in [-0.3, -0.25) is 0 Å². The molecule has 1 unspecified atom stereocenters. The third kappa shape index (κ3) is 3.33. The lowest BCUT2D eigenvalue weighted by atomic mass is 10.1. The molecule has 1 N–H and O–H groups in total. The number of rotatable bonds is 5. The molecule has 0 radical (unpaired) electrons. The van der Waals surface area contributed by atoms with Gasteiger partial charge in [-0.25, -0.2) is 8.78 Å². The van der Waals surface area contributed by atoms with Crippen molar-refractivity contribution in [1.82, 2.24) is 5.32 Å². The van der Waals surface area contributed by atoms with Crippen molar-refractivity contribution >= 4 is 5.69 Å². The van der Waals surface area contributed by atoms with Crippen molar-refractivity contribution in [3.8, 4) is 6.07 Å². The second-order valence-electron chi connectivity index (χ2n) is 6.04. The molecule has 2 aliphatic rings. The van der Waals surface area contributed by atoms with E-state index < -0.39 is 11.6 Å². The van der Waals surface area contributed by atoms with Crippen molar-refractivity contribution in [1.29, 1.82) is 5.26 Å². The molecular weight excluding hydrogens is 272 g/mol. The van der Waals surface area contributed by atoms with Gasteiger partial charge in [0.05, 0.1) is 11.6 Å². The van der Waals surface area contributed by atoms with Gasteiger partial charge in [-0.2, -0.15) is 5.26 Å². The average molecular weight is 291 g/mol. The van der Waals surface area contributed by atoms with Gasteiger partial charge in [-0.15, -0.1) is 0 Å². The van der Waals surface area contributed by atoms with Crippen LogP contribution in [-0.4, -0.2) is 25.7 Å². The molecule has 1 saturated heterocycles. The lowest BCUT2D eigenvalue weighted by Crippen LogP contribution is -2.39. The van der Waals surface area contributed by atoms with Crippen molar-refractivity contribution in [3.05, 3.63) is 29.3 Å². The first-order valence-electron chi connectivity index (χ1n) is 7.55. The van der Waals surface area contributed by atoms with E-state index in [1.54, 1.807) is 6.07 Å². The Bertz CT molecular complexity index is 534. The molecule has 21 heavy (non-hydrogen) atoms. The predicted molar refractivity (Wildman–Crippen MR) is 77.0 cm³/mol. The molecule has 3 nitrogen and oxygen atoms in total. The van der Waals surface area contributed by atoms with E-state index in [4.69, 9.17) is 5.26 Å². The highest BCUT2D eigenvalue weighted by atomic mass is 19.1. The Balaban J connectivity index is 1.85. The maximum Gasteiger partial charge on any atom is 0.150 e. The second-order valence-corrected chi connectivity index (χ2v) is 6.04. The van der Waals surface area contributed by atoms with Crippen LogP contribution in [-0.2, 0) is 0 Å². The van der Waals surface area contributed by atoms with Gasteiger partial charge in [0.25, 0.3) is 0 Å². The number of halogens is 2. The fraction of sp³-hybridized carbons (Fsp3) is 0.562. The molecule has 0 amide bonds. The zero-order chi connectivity index (χ0) is 14.8. The third-order valence-electron chi connectivity index (χ3n) is 4.24. The Hall–Kier alpha value is -1.67. The summed E-state index contributed by atoms with van der Waals surface area (Å²) in [5.41, 5.74) is 0.0497. The number of nitrogens with one attached hydrogen (secondary N) is 1. The van der Waals surface area contributed by atoms with Gasteiger partial charge in [0.2, 0.25) is 0 Å².